The SMILES string of the molecule is CCCCNC(=O)c1ccnc(Nc2c(C)cc(C)cc2C)n1. The molecule has 122 valence electrons. The van der Waals surface area contributed by atoms with Crippen LogP contribution in [0.5, 0.6) is 0 Å². The molecule has 1 aromatic carbocycles. The fraction of sp³-hybridized carbons (Fsp3) is 0.389. The van der Waals surface area contributed by atoms with Crippen LogP contribution in [0.4, 0.5) is 11.6 Å². The van der Waals surface area contributed by atoms with Crippen LogP contribution in [0, 0.1) is 20.8 Å². The van der Waals surface area contributed by atoms with E-state index in [4.69, 9.17) is 0 Å². The third-order valence-electron chi connectivity index (χ3n) is 3.62. The Kier molecular flexibility index (Phi) is 5.68. The summed E-state index contributed by atoms with van der Waals surface area (Å²) in [7, 11) is 0. The van der Waals surface area contributed by atoms with Crippen LogP contribution in [0.3, 0.4) is 0 Å². The van der Waals surface area contributed by atoms with Gasteiger partial charge in [-0.05, 0) is 44.4 Å². The highest BCUT2D eigenvalue weighted by molar-refractivity contribution is 5.92. The van der Waals surface area contributed by atoms with E-state index in [2.05, 4.69) is 46.6 Å². The number of carbonyl (C=O) groups is 1. The van der Waals surface area contributed by atoms with Crippen molar-refractivity contribution in [2.24, 2.45) is 0 Å². The van der Waals surface area contributed by atoms with Gasteiger partial charge in [0.1, 0.15) is 5.69 Å². The molecule has 1 amide bonds. The standard InChI is InChI=1S/C18H24N4O/c1-5-6-8-19-17(23)15-7-9-20-18(21-15)22-16-13(3)10-12(2)11-14(16)4/h7,9-11H,5-6,8H2,1-4H3,(H,19,23)(H,20,21,22). The third kappa shape index (κ3) is 4.52. The minimum absolute atomic E-state index is 0.166. The van der Waals surface area contributed by atoms with Gasteiger partial charge in [0.25, 0.3) is 5.91 Å². The number of carbonyl (C=O) groups excluding carboxylic acids is 1. The molecule has 0 aliphatic rings. The van der Waals surface area contributed by atoms with Gasteiger partial charge >= 0.3 is 0 Å². The lowest BCUT2D eigenvalue weighted by molar-refractivity contribution is 0.0948. The van der Waals surface area contributed by atoms with Crippen molar-refractivity contribution in [3.63, 3.8) is 0 Å². The highest BCUT2D eigenvalue weighted by Gasteiger charge is 2.10. The molecule has 5 heteroatoms. The van der Waals surface area contributed by atoms with Crippen molar-refractivity contribution in [1.29, 1.82) is 0 Å². The number of benzene rings is 1. The Morgan fingerprint density at radius 3 is 2.52 bits per heavy atom. The fourth-order valence-electron chi connectivity index (χ4n) is 2.50. The van der Waals surface area contributed by atoms with Crippen molar-refractivity contribution in [3.8, 4) is 0 Å². The van der Waals surface area contributed by atoms with Gasteiger partial charge in [0, 0.05) is 18.4 Å². The van der Waals surface area contributed by atoms with Crippen molar-refractivity contribution in [2.45, 2.75) is 40.5 Å². The molecule has 0 saturated carbocycles. The van der Waals surface area contributed by atoms with Crippen LogP contribution in [-0.2, 0) is 0 Å². The van der Waals surface area contributed by atoms with E-state index < -0.39 is 0 Å². The van der Waals surface area contributed by atoms with Gasteiger partial charge in [-0.3, -0.25) is 4.79 Å². The Morgan fingerprint density at radius 2 is 1.87 bits per heavy atom. The van der Waals surface area contributed by atoms with Gasteiger partial charge in [0.05, 0.1) is 0 Å². The molecule has 1 aromatic heterocycles. The summed E-state index contributed by atoms with van der Waals surface area (Å²) in [5.74, 6) is 0.268. The first-order valence-electron chi connectivity index (χ1n) is 7.97. The maximum absolute atomic E-state index is 12.1. The maximum Gasteiger partial charge on any atom is 0.270 e. The van der Waals surface area contributed by atoms with Crippen molar-refractivity contribution < 1.29 is 4.79 Å². The zero-order valence-corrected chi connectivity index (χ0v) is 14.2. The Morgan fingerprint density at radius 1 is 1.17 bits per heavy atom. The first-order valence-corrected chi connectivity index (χ1v) is 7.97. The second-order valence-electron chi connectivity index (χ2n) is 5.77. The van der Waals surface area contributed by atoms with Crippen molar-refractivity contribution in [2.75, 3.05) is 11.9 Å². The summed E-state index contributed by atoms with van der Waals surface area (Å²) < 4.78 is 0. The summed E-state index contributed by atoms with van der Waals surface area (Å²) in [6.07, 6.45) is 3.61. The largest absolute Gasteiger partial charge is 0.351 e. The number of anilines is 2. The van der Waals surface area contributed by atoms with E-state index in [1.165, 1.54) is 5.56 Å². The van der Waals surface area contributed by atoms with Gasteiger partial charge in [-0.15, -0.1) is 0 Å². The normalized spacial score (nSPS) is 10.4. The van der Waals surface area contributed by atoms with Crippen LogP contribution in [0.25, 0.3) is 0 Å². The van der Waals surface area contributed by atoms with Gasteiger partial charge in [-0.2, -0.15) is 0 Å². The molecule has 23 heavy (non-hydrogen) atoms. The van der Waals surface area contributed by atoms with Crippen LogP contribution in [0.1, 0.15) is 46.9 Å². The van der Waals surface area contributed by atoms with E-state index in [0.29, 0.717) is 18.2 Å². The number of aryl methyl sites for hydroxylation is 3. The summed E-state index contributed by atoms with van der Waals surface area (Å²) in [5, 5.41) is 6.09. The highest BCUT2D eigenvalue weighted by atomic mass is 16.1. The topological polar surface area (TPSA) is 66.9 Å². The highest BCUT2D eigenvalue weighted by Crippen LogP contribution is 2.24. The van der Waals surface area contributed by atoms with E-state index in [1.807, 2.05) is 13.8 Å². The zero-order chi connectivity index (χ0) is 16.8. The first kappa shape index (κ1) is 16.9. The Balaban J connectivity index is 2.16. The molecule has 2 rings (SSSR count). The maximum atomic E-state index is 12.1. The third-order valence-corrected chi connectivity index (χ3v) is 3.62. The zero-order valence-electron chi connectivity index (χ0n) is 14.2. The predicted molar refractivity (Wildman–Crippen MR) is 93.2 cm³/mol. The number of amides is 1. The van der Waals surface area contributed by atoms with Crippen LogP contribution in [0.15, 0.2) is 24.4 Å². The summed E-state index contributed by atoms with van der Waals surface area (Å²) in [5.41, 5.74) is 4.84. The second-order valence-corrected chi connectivity index (χ2v) is 5.77. The number of aromatic nitrogens is 2. The molecular weight excluding hydrogens is 288 g/mol. The van der Waals surface area contributed by atoms with Crippen molar-refractivity contribution in [3.05, 3.63) is 46.8 Å². The van der Waals surface area contributed by atoms with Gasteiger partial charge in [0.15, 0.2) is 0 Å². The molecular formula is C18H24N4O. The second kappa shape index (κ2) is 7.72. The molecule has 5 nitrogen and oxygen atoms in total. The Bertz CT molecular complexity index is 674. The lowest BCUT2D eigenvalue weighted by Gasteiger charge is -2.13. The number of hydrogen-bond acceptors (Lipinski definition) is 4. The van der Waals surface area contributed by atoms with E-state index in [1.54, 1.807) is 12.3 Å². The van der Waals surface area contributed by atoms with Gasteiger partial charge in [0.2, 0.25) is 5.95 Å². The average Bonchev–Trinajstić information content (AvgIpc) is 2.51. The minimum atomic E-state index is -0.166. The predicted octanol–water partition coefficient (Wildman–Crippen LogP) is 3.68. The lowest BCUT2D eigenvalue weighted by atomic mass is 10.1. The molecule has 0 bridgehead atoms. The summed E-state index contributed by atoms with van der Waals surface area (Å²) >= 11 is 0. The molecule has 2 N–H and O–H groups in total. The average molecular weight is 312 g/mol. The first-order chi connectivity index (χ1) is 11.0. The molecule has 0 atom stereocenters. The van der Waals surface area contributed by atoms with E-state index in [9.17, 15) is 4.79 Å². The number of hydrogen-bond donors (Lipinski definition) is 2. The number of unbranched alkanes of at least 4 members (excludes halogenated alkanes) is 1. The van der Waals surface area contributed by atoms with Gasteiger partial charge in [-0.1, -0.05) is 31.0 Å². The van der Waals surface area contributed by atoms with Gasteiger partial charge < -0.3 is 10.6 Å². The monoisotopic (exact) mass is 312 g/mol. The molecule has 1 heterocycles. The van der Waals surface area contributed by atoms with E-state index >= 15 is 0 Å². The lowest BCUT2D eigenvalue weighted by Crippen LogP contribution is -2.25. The van der Waals surface area contributed by atoms with Crippen LogP contribution in [0.2, 0.25) is 0 Å². The smallest absolute Gasteiger partial charge is 0.270 e. The Hall–Kier alpha value is -2.43. The van der Waals surface area contributed by atoms with Crippen LogP contribution in [-0.4, -0.2) is 22.4 Å². The molecule has 0 aliphatic heterocycles. The van der Waals surface area contributed by atoms with Crippen molar-refractivity contribution in [1.82, 2.24) is 15.3 Å². The van der Waals surface area contributed by atoms with Crippen LogP contribution < -0.4 is 10.6 Å². The van der Waals surface area contributed by atoms with Crippen molar-refractivity contribution >= 4 is 17.5 Å². The Labute approximate surface area is 137 Å². The quantitative estimate of drug-likeness (QED) is 0.799. The fourth-order valence-corrected chi connectivity index (χ4v) is 2.50. The molecule has 0 radical (unpaired) electrons. The summed E-state index contributed by atoms with van der Waals surface area (Å²) in [6.45, 7) is 8.91. The van der Waals surface area contributed by atoms with Gasteiger partial charge in [-0.25, -0.2) is 9.97 Å². The molecule has 2 aromatic rings. The molecule has 0 unspecified atom stereocenters. The number of rotatable bonds is 6. The summed E-state index contributed by atoms with van der Waals surface area (Å²) in [6, 6.07) is 5.84. The number of nitrogens with zero attached hydrogens (tertiary/aromatic N) is 2. The molecule has 0 aliphatic carbocycles. The summed E-state index contributed by atoms with van der Waals surface area (Å²) in [4.78, 5) is 20.6. The minimum Gasteiger partial charge on any atom is -0.351 e. The molecule has 0 spiro atoms. The molecule has 0 fully saturated rings. The molecule has 0 saturated heterocycles. The van der Waals surface area contributed by atoms with Crippen LogP contribution >= 0.6 is 0 Å². The van der Waals surface area contributed by atoms with E-state index in [0.717, 1.165) is 29.7 Å². The number of nitrogens with one attached hydrogen (secondary N) is 2. The van der Waals surface area contributed by atoms with E-state index in [-0.39, 0.29) is 5.91 Å².